The summed E-state index contributed by atoms with van der Waals surface area (Å²) in [6.45, 7) is 1.07. The van der Waals surface area contributed by atoms with Crippen molar-refractivity contribution in [2.24, 2.45) is 16.5 Å². The molecule has 2 aromatic carbocycles. The Morgan fingerprint density at radius 1 is 0.781 bits per heavy atom. The number of amides is 2. The number of hydrogen-bond donors (Lipinski definition) is 9. The number of aromatic amines is 1. The lowest BCUT2D eigenvalue weighted by molar-refractivity contribution is -0.278. The molecule has 10 atom stereocenters. The van der Waals surface area contributed by atoms with Gasteiger partial charge in [-0.05, 0) is 18.1 Å². The van der Waals surface area contributed by atoms with Crippen LogP contribution in [0.3, 0.4) is 0 Å². The molecular formula is C41H57N7O16. The van der Waals surface area contributed by atoms with Gasteiger partial charge in [0.15, 0.2) is 18.5 Å². The molecule has 2 aliphatic rings. The first-order valence-electron chi connectivity index (χ1n) is 20.2. The minimum atomic E-state index is -1.29. The molecule has 11 N–H and O–H groups in total. The van der Waals surface area contributed by atoms with Crippen LogP contribution < -0.4 is 22.1 Å². The van der Waals surface area contributed by atoms with Gasteiger partial charge in [0.05, 0.1) is 45.5 Å². The summed E-state index contributed by atoms with van der Waals surface area (Å²) in [5.74, 6) is -3.44. The maximum atomic E-state index is 12.6. The molecule has 2 fully saturated rings. The fourth-order valence-corrected chi connectivity index (χ4v) is 6.54. The molecule has 2 saturated heterocycles. The maximum absolute atomic E-state index is 12.6. The van der Waals surface area contributed by atoms with Gasteiger partial charge in [-0.2, -0.15) is 0 Å². The fourth-order valence-electron chi connectivity index (χ4n) is 6.54. The van der Waals surface area contributed by atoms with Crippen molar-refractivity contribution in [3.63, 3.8) is 0 Å². The van der Waals surface area contributed by atoms with Crippen molar-refractivity contribution in [2.45, 2.75) is 87.8 Å². The highest BCUT2D eigenvalue weighted by Crippen LogP contribution is 2.27. The summed E-state index contributed by atoms with van der Waals surface area (Å²) in [6, 6.07) is 16.9. The van der Waals surface area contributed by atoms with Crippen molar-refractivity contribution in [3.05, 3.63) is 90.0 Å². The number of imidazole rings is 1. The third-order valence-corrected chi connectivity index (χ3v) is 9.50. The number of aliphatic hydroxyl groups is 2. The summed E-state index contributed by atoms with van der Waals surface area (Å²) in [6.07, 6.45) is -5.66. The lowest BCUT2D eigenvalue weighted by Crippen LogP contribution is -2.65. The highest BCUT2D eigenvalue weighted by Gasteiger charge is 2.49. The number of carbonyl (C=O) groups is 4. The number of aliphatic hydroxyl groups excluding tert-OH is 2. The van der Waals surface area contributed by atoms with Crippen molar-refractivity contribution in [1.82, 2.24) is 20.6 Å². The zero-order chi connectivity index (χ0) is 46.4. The predicted octanol–water partition coefficient (Wildman–Crippen LogP) is -1.13. The van der Waals surface area contributed by atoms with E-state index in [1.54, 1.807) is 6.92 Å². The summed E-state index contributed by atoms with van der Waals surface area (Å²) in [7, 11) is 1.39. The first-order chi connectivity index (χ1) is 30.8. The first-order valence-corrected chi connectivity index (χ1v) is 20.2. The SMILES string of the molecule is CCO[C@@H]1O[C@H](COCc2ccccc2)[C@@H](O)[C@H](OCC(=O)O)C1NC(=O)CCN=C(N)N.CO[C@@H]1O[C@H](COCC(=O)O)[C@@H](O)[C@H](OCc2ccccc2)C1NC(=O)c1cnc[nH]1. The van der Waals surface area contributed by atoms with E-state index in [0.29, 0.717) is 6.61 Å². The second kappa shape index (κ2) is 26.9. The number of aliphatic carboxylic acids is 2. The van der Waals surface area contributed by atoms with Crippen LogP contribution in [0.2, 0.25) is 0 Å². The van der Waals surface area contributed by atoms with E-state index >= 15 is 0 Å². The molecule has 2 unspecified atom stereocenters. The van der Waals surface area contributed by atoms with Crippen LogP contribution in [-0.4, -0.2) is 168 Å². The average Bonchev–Trinajstić information content (AvgIpc) is 3.82. The Morgan fingerprint density at radius 3 is 1.92 bits per heavy atom. The molecule has 64 heavy (non-hydrogen) atoms. The number of nitrogens with zero attached hydrogens (tertiary/aromatic N) is 2. The van der Waals surface area contributed by atoms with Crippen LogP contribution in [-0.2, 0) is 65.5 Å². The van der Waals surface area contributed by atoms with Gasteiger partial charge in [0.1, 0.15) is 67.6 Å². The van der Waals surface area contributed by atoms with Gasteiger partial charge in [0.25, 0.3) is 5.91 Å². The zero-order valence-corrected chi connectivity index (χ0v) is 35.3. The molecular weight excluding hydrogens is 846 g/mol. The molecule has 1 aromatic heterocycles. The van der Waals surface area contributed by atoms with Crippen molar-refractivity contribution >= 4 is 29.7 Å². The average molecular weight is 904 g/mol. The number of benzene rings is 2. The number of carboxylic acid groups (broad SMARTS) is 2. The van der Waals surface area contributed by atoms with Crippen molar-refractivity contribution in [1.29, 1.82) is 0 Å². The number of hydrogen-bond acceptors (Lipinski definition) is 16. The number of guanidine groups is 1. The molecule has 352 valence electrons. The normalized spacial score (nSPS) is 25.2. The Bertz CT molecular complexity index is 1880. The van der Waals surface area contributed by atoms with Gasteiger partial charge in [0.2, 0.25) is 5.91 Å². The largest absolute Gasteiger partial charge is 0.480 e. The molecule has 0 radical (unpaired) electrons. The van der Waals surface area contributed by atoms with E-state index in [1.807, 2.05) is 60.7 Å². The van der Waals surface area contributed by atoms with Gasteiger partial charge in [-0.1, -0.05) is 60.7 Å². The highest BCUT2D eigenvalue weighted by molar-refractivity contribution is 5.92. The maximum Gasteiger partial charge on any atom is 0.329 e. The summed E-state index contributed by atoms with van der Waals surface area (Å²) in [4.78, 5) is 57.0. The molecule has 0 bridgehead atoms. The van der Waals surface area contributed by atoms with Gasteiger partial charge in [-0.25, -0.2) is 14.6 Å². The van der Waals surface area contributed by atoms with E-state index in [9.17, 15) is 29.4 Å². The third-order valence-electron chi connectivity index (χ3n) is 9.50. The van der Waals surface area contributed by atoms with E-state index in [4.69, 9.17) is 59.6 Å². The van der Waals surface area contributed by atoms with Crippen LogP contribution >= 0.6 is 0 Å². The molecule has 23 nitrogen and oxygen atoms in total. The second-order valence-electron chi connectivity index (χ2n) is 14.2. The number of carbonyl (C=O) groups excluding carboxylic acids is 2. The fraction of sp³-hybridized carbons (Fsp3) is 0.512. The van der Waals surface area contributed by atoms with E-state index in [-0.39, 0.29) is 51.0 Å². The summed E-state index contributed by atoms with van der Waals surface area (Å²) in [5.41, 5.74) is 12.5. The minimum Gasteiger partial charge on any atom is -0.480 e. The molecule has 3 heterocycles. The number of aromatic nitrogens is 2. The standard InChI is InChI=1S/C21H32N4O8.C20H25N3O8/c1-2-31-20-17(25-15(26)8-9-24-21(22)23)19(32-12-16(27)28)18(29)14(33-20)11-30-10-13-6-4-3-5-7-13;1-28-20-16(23-19(27)13-7-21-11-22-13)18(30-8-12-5-3-2-4-6-12)17(26)14(31-20)9-29-10-15(24)25/h3-7,14,17-20,29H,2,8-12H2,1H3,(H,25,26)(H,27,28)(H4,22,23,24);2-7,11,14,16-18,20,26H,8-10H2,1H3,(H,21,22)(H,23,27)(H,24,25)/t14-,17?,18-,19-,20-;14-,16?,17-,18-,20-/m11/s1. The van der Waals surface area contributed by atoms with Gasteiger partial charge in [-0.15, -0.1) is 0 Å². The number of aliphatic imine (C=N–C) groups is 1. The monoisotopic (exact) mass is 903 g/mol. The van der Waals surface area contributed by atoms with Crippen LogP contribution in [0, 0.1) is 0 Å². The smallest absolute Gasteiger partial charge is 0.329 e. The lowest BCUT2D eigenvalue weighted by Gasteiger charge is -2.44. The quantitative estimate of drug-likeness (QED) is 0.0402. The molecule has 3 aromatic rings. The Morgan fingerprint density at radius 2 is 1.36 bits per heavy atom. The Hall–Kier alpha value is -5.60. The Balaban J connectivity index is 0.000000281. The van der Waals surface area contributed by atoms with Gasteiger partial charge < -0.3 is 85.4 Å². The predicted molar refractivity (Wildman–Crippen MR) is 222 cm³/mol. The zero-order valence-electron chi connectivity index (χ0n) is 35.3. The minimum absolute atomic E-state index is 0.00226. The Labute approximate surface area is 368 Å². The number of rotatable bonds is 23. The third kappa shape index (κ3) is 16.5. The van der Waals surface area contributed by atoms with Crippen LogP contribution in [0.25, 0.3) is 0 Å². The van der Waals surface area contributed by atoms with Crippen molar-refractivity contribution in [3.8, 4) is 0 Å². The molecule has 0 spiro atoms. The molecule has 0 aliphatic carbocycles. The number of ether oxygens (including phenoxy) is 8. The van der Waals surface area contributed by atoms with Crippen LogP contribution in [0.1, 0.15) is 35.0 Å². The number of carboxylic acids is 2. The number of methoxy groups -OCH3 is 1. The van der Waals surface area contributed by atoms with E-state index in [1.165, 1.54) is 19.6 Å². The second-order valence-corrected chi connectivity index (χ2v) is 14.2. The van der Waals surface area contributed by atoms with Crippen molar-refractivity contribution in [2.75, 3.05) is 46.7 Å². The summed E-state index contributed by atoms with van der Waals surface area (Å²) < 4.78 is 44.8. The van der Waals surface area contributed by atoms with E-state index < -0.39 is 98.3 Å². The first kappa shape index (κ1) is 51.0. The van der Waals surface area contributed by atoms with E-state index in [2.05, 4.69) is 25.6 Å². The number of nitrogens with two attached hydrogens (primary N) is 2. The van der Waals surface area contributed by atoms with Crippen LogP contribution in [0.15, 0.2) is 78.2 Å². The van der Waals surface area contributed by atoms with E-state index in [0.717, 1.165) is 11.1 Å². The molecule has 2 aliphatic heterocycles. The molecule has 23 heteroatoms. The summed E-state index contributed by atoms with van der Waals surface area (Å²) >= 11 is 0. The molecule has 2 amide bonds. The Kier molecular flexibility index (Phi) is 21.4. The highest BCUT2D eigenvalue weighted by atomic mass is 16.7. The van der Waals surface area contributed by atoms with Crippen molar-refractivity contribution < 1.29 is 77.5 Å². The van der Waals surface area contributed by atoms with Gasteiger partial charge in [0, 0.05) is 20.1 Å². The van der Waals surface area contributed by atoms with Crippen LogP contribution in [0.4, 0.5) is 0 Å². The number of nitrogens with one attached hydrogen (secondary N) is 3. The van der Waals surface area contributed by atoms with Gasteiger partial charge >= 0.3 is 11.9 Å². The molecule has 5 rings (SSSR count). The summed E-state index contributed by atoms with van der Waals surface area (Å²) in [5, 5.41) is 45.0. The van der Waals surface area contributed by atoms with Crippen LogP contribution in [0.5, 0.6) is 0 Å². The topological polar surface area (TPSA) is 340 Å². The number of H-pyrrole nitrogens is 1. The van der Waals surface area contributed by atoms with Gasteiger partial charge in [-0.3, -0.25) is 14.6 Å². The lowest BCUT2D eigenvalue weighted by atomic mass is 9.96. The molecule has 0 saturated carbocycles.